The Kier molecular flexibility index (Phi) is 4.06. The highest BCUT2D eigenvalue weighted by Gasteiger charge is 2.50. The topological polar surface area (TPSA) is 38.8 Å². The fourth-order valence-corrected chi connectivity index (χ4v) is 4.93. The van der Waals surface area contributed by atoms with E-state index < -0.39 is 0 Å². The SMILES string of the molecule is CO[C@@H]1CSC2(C1)CN(C(=O)COC1CCCC1)C2. The molecule has 1 atom stereocenters. The van der Waals surface area contributed by atoms with Gasteiger partial charge in [0.15, 0.2) is 0 Å². The lowest BCUT2D eigenvalue weighted by Gasteiger charge is -2.47. The minimum Gasteiger partial charge on any atom is -0.381 e. The average Bonchev–Trinajstić information content (AvgIpc) is 3.03. The van der Waals surface area contributed by atoms with E-state index in [9.17, 15) is 4.79 Å². The van der Waals surface area contributed by atoms with Crippen molar-refractivity contribution in [3.63, 3.8) is 0 Å². The predicted octanol–water partition coefficient (Wildman–Crippen LogP) is 1.68. The summed E-state index contributed by atoms with van der Waals surface area (Å²) in [4.78, 5) is 14.0. The van der Waals surface area contributed by atoms with Crippen LogP contribution in [0.5, 0.6) is 0 Å². The van der Waals surface area contributed by atoms with Crippen LogP contribution in [0.3, 0.4) is 0 Å². The van der Waals surface area contributed by atoms with Crippen molar-refractivity contribution < 1.29 is 14.3 Å². The van der Waals surface area contributed by atoms with Gasteiger partial charge in [-0.25, -0.2) is 0 Å². The summed E-state index contributed by atoms with van der Waals surface area (Å²) in [5.41, 5.74) is 0. The first-order chi connectivity index (χ1) is 9.21. The van der Waals surface area contributed by atoms with Crippen LogP contribution in [0.1, 0.15) is 32.1 Å². The van der Waals surface area contributed by atoms with Crippen molar-refractivity contribution in [2.45, 2.75) is 49.1 Å². The Morgan fingerprint density at radius 2 is 2.05 bits per heavy atom. The highest BCUT2D eigenvalue weighted by molar-refractivity contribution is 8.01. The van der Waals surface area contributed by atoms with Crippen molar-refractivity contribution in [3.8, 4) is 0 Å². The zero-order valence-corrected chi connectivity index (χ0v) is 12.4. The molecule has 2 saturated heterocycles. The fraction of sp³-hybridized carbons (Fsp3) is 0.929. The molecule has 2 heterocycles. The van der Waals surface area contributed by atoms with E-state index in [0.717, 1.165) is 38.1 Å². The quantitative estimate of drug-likeness (QED) is 0.788. The molecular weight excluding hydrogens is 262 g/mol. The normalized spacial score (nSPS) is 29.9. The molecule has 3 aliphatic rings. The number of hydrogen-bond donors (Lipinski definition) is 0. The third-order valence-corrected chi connectivity index (χ3v) is 6.14. The largest absolute Gasteiger partial charge is 0.381 e. The molecule has 2 aliphatic heterocycles. The van der Waals surface area contributed by atoms with Gasteiger partial charge >= 0.3 is 0 Å². The van der Waals surface area contributed by atoms with Crippen molar-refractivity contribution in [1.82, 2.24) is 4.90 Å². The Balaban J connectivity index is 1.39. The second-order valence-electron chi connectivity index (χ2n) is 6.02. The molecular formula is C14H23NO3S. The monoisotopic (exact) mass is 285 g/mol. The molecule has 1 spiro atoms. The van der Waals surface area contributed by atoms with Gasteiger partial charge in [-0.2, -0.15) is 0 Å². The number of carbonyl (C=O) groups excluding carboxylic acids is 1. The van der Waals surface area contributed by atoms with Gasteiger partial charge in [-0.3, -0.25) is 4.79 Å². The Bertz CT molecular complexity index is 338. The number of hydrogen-bond acceptors (Lipinski definition) is 4. The van der Waals surface area contributed by atoms with Crippen LogP contribution >= 0.6 is 11.8 Å². The molecule has 0 aromatic heterocycles. The highest BCUT2D eigenvalue weighted by atomic mass is 32.2. The molecule has 0 N–H and O–H groups in total. The highest BCUT2D eigenvalue weighted by Crippen LogP contribution is 2.45. The average molecular weight is 285 g/mol. The Morgan fingerprint density at radius 3 is 2.68 bits per heavy atom. The van der Waals surface area contributed by atoms with Crippen LogP contribution in [-0.2, 0) is 14.3 Å². The Morgan fingerprint density at radius 1 is 1.32 bits per heavy atom. The Labute approximate surface area is 119 Å². The summed E-state index contributed by atoms with van der Waals surface area (Å²) in [5, 5.41) is 0. The standard InChI is InChI=1S/C14H23NO3S/c1-17-12-6-14(19-8-12)9-15(10-14)13(16)7-18-11-4-2-3-5-11/h11-12H,2-10H2,1H3/t12-/m0/s1. The van der Waals surface area contributed by atoms with Crippen molar-refractivity contribution in [1.29, 1.82) is 0 Å². The van der Waals surface area contributed by atoms with Gasteiger partial charge in [-0.15, -0.1) is 11.8 Å². The zero-order valence-electron chi connectivity index (χ0n) is 11.6. The molecule has 0 bridgehead atoms. The summed E-state index contributed by atoms with van der Waals surface area (Å²) >= 11 is 1.97. The summed E-state index contributed by atoms with van der Waals surface area (Å²) in [7, 11) is 1.78. The number of thioether (sulfide) groups is 1. The smallest absolute Gasteiger partial charge is 0.248 e. The Hall–Kier alpha value is -0.260. The van der Waals surface area contributed by atoms with E-state index in [-0.39, 0.29) is 17.3 Å². The summed E-state index contributed by atoms with van der Waals surface area (Å²) < 4.78 is 11.4. The lowest BCUT2D eigenvalue weighted by molar-refractivity contribution is -0.143. The summed E-state index contributed by atoms with van der Waals surface area (Å²) in [5.74, 6) is 1.23. The molecule has 0 radical (unpaired) electrons. The van der Waals surface area contributed by atoms with E-state index in [2.05, 4.69) is 0 Å². The van der Waals surface area contributed by atoms with Crippen LogP contribution in [0.15, 0.2) is 0 Å². The maximum Gasteiger partial charge on any atom is 0.248 e. The number of ether oxygens (including phenoxy) is 2. The number of rotatable bonds is 4. The number of carbonyl (C=O) groups is 1. The molecule has 1 aliphatic carbocycles. The number of amides is 1. The first kappa shape index (κ1) is 13.7. The van der Waals surface area contributed by atoms with Crippen molar-refractivity contribution >= 4 is 17.7 Å². The van der Waals surface area contributed by atoms with Gasteiger partial charge in [0.05, 0.1) is 17.0 Å². The fourth-order valence-electron chi connectivity index (χ4n) is 3.34. The number of methoxy groups -OCH3 is 1. The van der Waals surface area contributed by atoms with E-state index >= 15 is 0 Å². The molecule has 0 unspecified atom stereocenters. The van der Waals surface area contributed by atoms with Crippen LogP contribution < -0.4 is 0 Å². The number of nitrogens with zero attached hydrogens (tertiary/aromatic N) is 1. The van der Waals surface area contributed by atoms with Crippen molar-refractivity contribution in [2.24, 2.45) is 0 Å². The lowest BCUT2D eigenvalue weighted by atomic mass is 9.93. The third-order valence-electron chi connectivity index (χ3n) is 4.56. The van der Waals surface area contributed by atoms with Gasteiger partial charge in [0, 0.05) is 26.0 Å². The molecule has 4 nitrogen and oxygen atoms in total. The third kappa shape index (κ3) is 2.93. The predicted molar refractivity (Wildman–Crippen MR) is 75.4 cm³/mol. The molecule has 0 aromatic rings. The van der Waals surface area contributed by atoms with E-state index in [1.807, 2.05) is 16.7 Å². The van der Waals surface area contributed by atoms with Gasteiger partial charge in [-0.05, 0) is 19.3 Å². The summed E-state index contributed by atoms with van der Waals surface area (Å²) in [6.45, 7) is 2.04. The van der Waals surface area contributed by atoms with Gasteiger partial charge in [0.1, 0.15) is 6.61 Å². The molecule has 1 amide bonds. The maximum absolute atomic E-state index is 12.0. The van der Waals surface area contributed by atoms with Crippen LogP contribution in [0.25, 0.3) is 0 Å². The van der Waals surface area contributed by atoms with Gasteiger partial charge in [0.2, 0.25) is 5.91 Å². The van der Waals surface area contributed by atoms with Crippen LogP contribution in [-0.4, -0.2) is 60.3 Å². The molecule has 1 saturated carbocycles. The first-order valence-electron chi connectivity index (χ1n) is 7.27. The first-order valence-corrected chi connectivity index (χ1v) is 8.25. The maximum atomic E-state index is 12.0. The summed E-state index contributed by atoms with van der Waals surface area (Å²) in [6.07, 6.45) is 6.54. The van der Waals surface area contributed by atoms with Crippen LogP contribution in [0.2, 0.25) is 0 Å². The van der Waals surface area contributed by atoms with Crippen LogP contribution in [0.4, 0.5) is 0 Å². The van der Waals surface area contributed by atoms with Crippen molar-refractivity contribution in [3.05, 3.63) is 0 Å². The van der Waals surface area contributed by atoms with E-state index in [1.165, 1.54) is 12.8 Å². The molecule has 108 valence electrons. The molecule has 19 heavy (non-hydrogen) atoms. The zero-order chi connectivity index (χ0) is 13.3. The van der Waals surface area contributed by atoms with Gasteiger partial charge < -0.3 is 14.4 Å². The van der Waals surface area contributed by atoms with E-state index in [1.54, 1.807) is 7.11 Å². The second-order valence-corrected chi connectivity index (χ2v) is 7.51. The molecule has 3 fully saturated rings. The minimum absolute atomic E-state index is 0.166. The van der Waals surface area contributed by atoms with Crippen LogP contribution in [0, 0.1) is 0 Å². The number of likely N-dealkylation sites (tertiary alicyclic amines) is 1. The lowest BCUT2D eigenvalue weighted by Crippen LogP contribution is -2.61. The minimum atomic E-state index is 0.166. The van der Waals surface area contributed by atoms with Crippen molar-refractivity contribution in [2.75, 3.05) is 32.6 Å². The summed E-state index contributed by atoms with van der Waals surface area (Å²) in [6, 6.07) is 0. The van der Waals surface area contributed by atoms with Gasteiger partial charge in [0.25, 0.3) is 0 Å². The molecule has 0 aromatic carbocycles. The van der Waals surface area contributed by atoms with E-state index in [4.69, 9.17) is 9.47 Å². The second kappa shape index (κ2) is 5.62. The molecule has 5 heteroatoms. The molecule has 3 rings (SSSR count). The van der Waals surface area contributed by atoms with Gasteiger partial charge in [-0.1, -0.05) is 12.8 Å². The van der Waals surface area contributed by atoms with E-state index in [0.29, 0.717) is 12.2 Å².